The van der Waals surface area contributed by atoms with Crippen molar-refractivity contribution in [2.75, 3.05) is 18.5 Å². The van der Waals surface area contributed by atoms with Crippen LogP contribution >= 0.6 is 0 Å². The molecular formula is C16H22N2O. The van der Waals surface area contributed by atoms with Crippen LogP contribution in [0.5, 0.6) is 0 Å². The summed E-state index contributed by atoms with van der Waals surface area (Å²) in [5, 5.41) is 12.2. The molecule has 0 radical (unpaired) electrons. The summed E-state index contributed by atoms with van der Waals surface area (Å²) >= 11 is 0. The second-order valence-corrected chi connectivity index (χ2v) is 5.37. The Bertz CT molecular complexity index is 415. The quantitative estimate of drug-likeness (QED) is 0.880. The Kier molecular flexibility index (Phi) is 5.23. The van der Waals surface area contributed by atoms with E-state index in [0.717, 1.165) is 30.4 Å². The molecule has 3 nitrogen and oxygen atoms in total. The van der Waals surface area contributed by atoms with Crippen molar-refractivity contribution in [1.82, 2.24) is 0 Å². The molecular weight excluding hydrogens is 236 g/mol. The Morgan fingerprint density at radius 2 is 2.00 bits per heavy atom. The first-order valence-electron chi connectivity index (χ1n) is 7.08. The first-order valence-corrected chi connectivity index (χ1v) is 7.08. The van der Waals surface area contributed by atoms with Gasteiger partial charge >= 0.3 is 0 Å². The van der Waals surface area contributed by atoms with E-state index in [2.05, 4.69) is 30.4 Å². The summed E-state index contributed by atoms with van der Waals surface area (Å²) < 4.78 is 5.39. The molecule has 0 amide bonds. The van der Waals surface area contributed by atoms with Gasteiger partial charge < -0.3 is 10.1 Å². The number of ether oxygens (including phenoxy) is 1. The molecule has 1 atom stereocenters. The lowest BCUT2D eigenvalue weighted by atomic mass is 9.93. The molecule has 19 heavy (non-hydrogen) atoms. The fraction of sp³-hybridized carbons (Fsp3) is 0.562. The molecule has 0 aromatic heterocycles. The molecule has 0 spiro atoms. The highest BCUT2D eigenvalue weighted by Crippen LogP contribution is 2.22. The number of nitrogens with zero attached hydrogens (tertiary/aromatic N) is 1. The summed E-state index contributed by atoms with van der Waals surface area (Å²) in [6.45, 7) is 4.07. The topological polar surface area (TPSA) is 45.0 Å². The maximum Gasteiger partial charge on any atom is 0.0669 e. The van der Waals surface area contributed by atoms with Crippen molar-refractivity contribution in [3.63, 3.8) is 0 Å². The summed E-state index contributed by atoms with van der Waals surface area (Å²) in [5.41, 5.74) is 2.21. The van der Waals surface area contributed by atoms with Crippen LogP contribution in [0.1, 0.15) is 31.7 Å². The molecule has 1 unspecified atom stereocenters. The minimum absolute atomic E-state index is 0.477. The fourth-order valence-electron chi connectivity index (χ4n) is 2.64. The second-order valence-electron chi connectivity index (χ2n) is 5.37. The lowest BCUT2D eigenvalue weighted by molar-refractivity contribution is 0.0629. The number of nitrogens with one attached hydrogen (secondary N) is 1. The van der Waals surface area contributed by atoms with Crippen molar-refractivity contribution in [3.8, 4) is 6.07 Å². The van der Waals surface area contributed by atoms with Crippen molar-refractivity contribution >= 4 is 5.69 Å². The standard InChI is InChI=1S/C16H22N2O/c1-13(12-15-7-10-19-11-8-15)18-16-4-2-14(3-5-16)6-9-17/h2-5,13,15,18H,6-8,10-12H2,1H3. The molecule has 102 valence electrons. The average molecular weight is 258 g/mol. The first kappa shape index (κ1) is 13.9. The van der Waals surface area contributed by atoms with E-state index in [1.165, 1.54) is 19.3 Å². The molecule has 3 heteroatoms. The molecule has 2 rings (SSSR count). The summed E-state index contributed by atoms with van der Waals surface area (Å²) in [5.74, 6) is 0.786. The smallest absolute Gasteiger partial charge is 0.0669 e. The van der Waals surface area contributed by atoms with Gasteiger partial charge in [-0.3, -0.25) is 0 Å². The highest BCUT2D eigenvalue weighted by Gasteiger charge is 2.16. The molecule has 0 saturated carbocycles. The van der Waals surface area contributed by atoms with Crippen LogP contribution in [0, 0.1) is 17.2 Å². The molecule has 1 aromatic carbocycles. The van der Waals surface area contributed by atoms with E-state index in [4.69, 9.17) is 10.00 Å². The molecule has 1 N–H and O–H groups in total. The Morgan fingerprint density at radius 1 is 1.32 bits per heavy atom. The maximum absolute atomic E-state index is 8.64. The minimum Gasteiger partial charge on any atom is -0.383 e. The van der Waals surface area contributed by atoms with E-state index in [1.54, 1.807) is 0 Å². The predicted molar refractivity (Wildman–Crippen MR) is 77.0 cm³/mol. The van der Waals surface area contributed by atoms with E-state index in [-0.39, 0.29) is 0 Å². The van der Waals surface area contributed by atoms with E-state index >= 15 is 0 Å². The maximum atomic E-state index is 8.64. The van der Waals surface area contributed by atoms with Gasteiger partial charge in [-0.05, 0) is 49.8 Å². The summed E-state index contributed by atoms with van der Waals surface area (Å²) in [4.78, 5) is 0. The Labute approximate surface area is 115 Å². The monoisotopic (exact) mass is 258 g/mol. The van der Waals surface area contributed by atoms with Gasteiger partial charge in [-0.15, -0.1) is 0 Å². The number of hydrogen-bond acceptors (Lipinski definition) is 3. The third-order valence-corrected chi connectivity index (χ3v) is 3.68. The lowest BCUT2D eigenvalue weighted by Crippen LogP contribution is -2.24. The van der Waals surface area contributed by atoms with Crippen molar-refractivity contribution in [2.45, 2.75) is 38.6 Å². The highest BCUT2D eigenvalue weighted by molar-refractivity contribution is 5.45. The van der Waals surface area contributed by atoms with Gasteiger partial charge in [0.2, 0.25) is 0 Å². The number of benzene rings is 1. The zero-order chi connectivity index (χ0) is 13.5. The van der Waals surface area contributed by atoms with Gasteiger partial charge in [0.1, 0.15) is 0 Å². The van der Waals surface area contributed by atoms with Crippen molar-refractivity contribution in [2.24, 2.45) is 5.92 Å². The van der Waals surface area contributed by atoms with Crippen molar-refractivity contribution in [1.29, 1.82) is 5.26 Å². The van der Waals surface area contributed by atoms with E-state index in [9.17, 15) is 0 Å². The Hall–Kier alpha value is -1.53. The van der Waals surface area contributed by atoms with Gasteiger partial charge in [0.15, 0.2) is 0 Å². The van der Waals surface area contributed by atoms with Gasteiger partial charge in [0, 0.05) is 24.9 Å². The SMILES string of the molecule is CC(CC1CCOCC1)Nc1ccc(CC#N)cc1. The summed E-state index contributed by atoms with van der Waals surface area (Å²) in [7, 11) is 0. The predicted octanol–water partition coefficient (Wildman–Crippen LogP) is 3.37. The van der Waals surface area contributed by atoms with Crippen molar-refractivity contribution < 1.29 is 4.74 Å². The largest absolute Gasteiger partial charge is 0.383 e. The first-order chi connectivity index (χ1) is 9.28. The molecule has 1 saturated heterocycles. The second kappa shape index (κ2) is 7.16. The van der Waals surface area contributed by atoms with Gasteiger partial charge in [-0.1, -0.05) is 12.1 Å². The van der Waals surface area contributed by atoms with Crippen LogP contribution < -0.4 is 5.32 Å². The van der Waals surface area contributed by atoms with Crippen LogP contribution in [-0.4, -0.2) is 19.3 Å². The molecule has 1 aliphatic heterocycles. The molecule has 0 bridgehead atoms. The third-order valence-electron chi connectivity index (χ3n) is 3.68. The van der Waals surface area contributed by atoms with Gasteiger partial charge in [-0.25, -0.2) is 0 Å². The molecule has 0 aliphatic carbocycles. The molecule has 1 heterocycles. The van der Waals surface area contributed by atoms with Crippen LogP contribution in [0.3, 0.4) is 0 Å². The van der Waals surface area contributed by atoms with Gasteiger partial charge in [0.25, 0.3) is 0 Å². The van der Waals surface area contributed by atoms with Crippen molar-refractivity contribution in [3.05, 3.63) is 29.8 Å². The van der Waals surface area contributed by atoms with Crippen LogP contribution in [0.2, 0.25) is 0 Å². The number of hydrogen-bond donors (Lipinski definition) is 1. The van der Waals surface area contributed by atoms with Gasteiger partial charge in [-0.2, -0.15) is 5.26 Å². The van der Waals surface area contributed by atoms with Crippen LogP contribution in [0.4, 0.5) is 5.69 Å². The summed E-state index contributed by atoms with van der Waals surface area (Å²) in [6, 6.07) is 10.8. The van der Waals surface area contributed by atoms with E-state index in [1.807, 2.05) is 12.1 Å². The third kappa shape index (κ3) is 4.57. The lowest BCUT2D eigenvalue weighted by Gasteiger charge is -2.25. The number of nitriles is 1. The molecule has 1 aliphatic rings. The zero-order valence-electron chi connectivity index (χ0n) is 11.6. The Balaban J connectivity index is 1.80. The highest BCUT2D eigenvalue weighted by atomic mass is 16.5. The number of rotatable bonds is 5. The van der Waals surface area contributed by atoms with Crippen LogP contribution in [0.15, 0.2) is 24.3 Å². The minimum atomic E-state index is 0.477. The normalized spacial score (nSPS) is 17.7. The Morgan fingerprint density at radius 3 is 2.63 bits per heavy atom. The van der Waals surface area contributed by atoms with E-state index in [0.29, 0.717) is 12.5 Å². The zero-order valence-corrected chi connectivity index (χ0v) is 11.6. The van der Waals surface area contributed by atoms with Gasteiger partial charge in [0.05, 0.1) is 12.5 Å². The average Bonchev–Trinajstić information content (AvgIpc) is 2.42. The number of anilines is 1. The van der Waals surface area contributed by atoms with Crippen LogP contribution in [0.25, 0.3) is 0 Å². The fourth-order valence-corrected chi connectivity index (χ4v) is 2.64. The molecule has 1 aromatic rings. The molecule has 1 fully saturated rings. The van der Waals surface area contributed by atoms with Crippen LogP contribution in [-0.2, 0) is 11.2 Å². The summed E-state index contributed by atoms with van der Waals surface area (Å²) in [6.07, 6.45) is 4.06. The van der Waals surface area contributed by atoms with E-state index < -0.39 is 0 Å².